The van der Waals surface area contributed by atoms with Crippen molar-refractivity contribution >= 4 is 16.7 Å². The SMILES string of the molecule is CN(C(=O)CS(=O)CC1CNC1)C1CC1. The number of amides is 1. The number of carbonyl (C=O) groups excluding carboxylic acids is 1. The lowest BCUT2D eigenvalue weighted by Crippen LogP contribution is -2.45. The van der Waals surface area contributed by atoms with Gasteiger partial charge < -0.3 is 10.2 Å². The normalized spacial score (nSPS) is 23.3. The zero-order chi connectivity index (χ0) is 10.8. The summed E-state index contributed by atoms with van der Waals surface area (Å²) in [6, 6.07) is 0.430. The van der Waals surface area contributed by atoms with Gasteiger partial charge in [-0.05, 0) is 18.8 Å². The van der Waals surface area contributed by atoms with Crippen molar-refractivity contribution in [1.29, 1.82) is 0 Å². The van der Waals surface area contributed by atoms with E-state index in [1.165, 1.54) is 0 Å². The second-order valence-corrected chi connectivity index (χ2v) is 6.01. The Bertz CT molecular complexity index is 275. The lowest BCUT2D eigenvalue weighted by molar-refractivity contribution is -0.127. The minimum Gasteiger partial charge on any atom is -0.342 e. The molecule has 1 saturated carbocycles. The topological polar surface area (TPSA) is 49.4 Å². The molecule has 1 atom stereocenters. The summed E-state index contributed by atoms with van der Waals surface area (Å²) < 4.78 is 11.6. The van der Waals surface area contributed by atoms with Crippen molar-refractivity contribution in [2.24, 2.45) is 5.92 Å². The van der Waals surface area contributed by atoms with E-state index in [0.717, 1.165) is 25.9 Å². The van der Waals surface area contributed by atoms with E-state index < -0.39 is 10.8 Å². The summed E-state index contributed by atoms with van der Waals surface area (Å²) >= 11 is 0. The van der Waals surface area contributed by atoms with Crippen LogP contribution in [0.4, 0.5) is 0 Å². The smallest absolute Gasteiger partial charge is 0.235 e. The van der Waals surface area contributed by atoms with Gasteiger partial charge in [-0.25, -0.2) is 0 Å². The molecular formula is C10H18N2O2S. The molecule has 0 aromatic rings. The minimum absolute atomic E-state index is 0.0446. The Morgan fingerprint density at radius 1 is 1.47 bits per heavy atom. The van der Waals surface area contributed by atoms with Gasteiger partial charge >= 0.3 is 0 Å². The van der Waals surface area contributed by atoms with Gasteiger partial charge in [-0.2, -0.15) is 0 Å². The van der Waals surface area contributed by atoms with E-state index in [1.807, 2.05) is 7.05 Å². The number of carbonyl (C=O) groups is 1. The molecule has 0 radical (unpaired) electrons. The summed E-state index contributed by atoms with van der Waals surface area (Å²) in [5, 5.41) is 3.14. The number of nitrogens with zero attached hydrogens (tertiary/aromatic N) is 1. The molecule has 1 saturated heterocycles. The predicted octanol–water partition coefficient (Wildman–Crippen LogP) is -0.425. The second-order valence-electron chi connectivity index (χ2n) is 4.51. The first-order valence-electron chi connectivity index (χ1n) is 5.48. The van der Waals surface area contributed by atoms with Crippen LogP contribution in [-0.4, -0.2) is 52.7 Å². The molecule has 1 heterocycles. The van der Waals surface area contributed by atoms with Crippen molar-refractivity contribution in [3.63, 3.8) is 0 Å². The fourth-order valence-corrected chi connectivity index (χ4v) is 3.05. The van der Waals surface area contributed by atoms with E-state index in [1.54, 1.807) is 4.90 Å². The maximum absolute atomic E-state index is 11.6. The largest absolute Gasteiger partial charge is 0.342 e. The van der Waals surface area contributed by atoms with Crippen LogP contribution in [0.5, 0.6) is 0 Å². The molecule has 5 heteroatoms. The Morgan fingerprint density at radius 3 is 2.60 bits per heavy atom. The fourth-order valence-electron chi connectivity index (χ4n) is 1.69. The molecule has 0 aromatic heterocycles. The third-order valence-corrected chi connectivity index (χ3v) is 4.47. The number of nitrogens with one attached hydrogen (secondary N) is 1. The van der Waals surface area contributed by atoms with Crippen LogP contribution in [0.25, 0.3) is 0 Å². The highest BCUT2D eigenvalue weighted by molar-refractivity contribution is 7.85. The van der Waals surface area contributed by atoms with Gasteiger partial charge in [0.25, 0.3) is 0 Å². The molecule has 2 aliphatic rings. The van der Waals surface area contributed by atoms with Crippen molar-refractivity contribution in [2.45, 2.75) is 18.9 Å². The molecule has 1 amide bonds. The van der Waals surface area contributed by atoms with E-state index in [4.69, 9.17) is 0 Å². The lowest BCUT2D eigenvalue weighted by atomic mass is 10.1. The summed E-state index contributed by atoms with van der Waals surface area (Å²) in [6.45, 7) is 1.91. The van der Waals surface area contributed by atoms with E-state index in [9.17, 15) is 9.00 Å². The maximum Gasteiger partial charge on any atom is 0.235 e. The highest BCUT2D eigenvalue weighted by Gasteiger charge is 2.30. The molecule has 1 aliphatic heterocycles. The number of rotatable bonds is 5. The third kappa shape index (κ3) is 3.01. The highest BCUT2D eigenvalue weighted by atomic mass is 32.2. The van der Waals surface area contributed by atoms with Gasteiger partial charge in [0, 0.05) is 42.7 Å². The molecule has 0 spiro atoms. The van der Waals surface area contributed by atoms with Crippen molar-refractivity contribution in [3.8, 4) is 0 Å². The summed E-state index contributed by atoms with van der Waals surface area (Å²) in [5.41, 5.74) is 0. The van der Waals surface area contributed by atoms with Crippen LogP contribution < -0.4 is 5.32 Å². The van der Waals surface area contributed by atoms with Gasteiger partial charge in [0.1, 0.15) is 5.75 Å². The Kier molecular flexibility index (Phi) is 3.41. The summed E-state index contributed by atoms with van der Waals surface area (Å²) in [4.78, 5) is 13.4. The molecule has 1 aliphatic carbocycles. The van der Waals surface area contributed by atoms with Gasteiger partial charge in [-0.1, -0.05) is 0 Å². The minimum atomic E-state index is -0.969. The molecule has 15 heavy (non-hydrogen) atoms. The second kappa shape index (κ2) is 4.61. The molecule has 0 bridgehead atoms. The number of hydrogen-bond donors (Lipinski definition) is 1. The standard InChI is InChI=1S/C10H18N2O2S/c1-12(9-2-3-9)10(13)7-15(14)6-8-4-11-5-8/h8-9,11H,2-7H2,1H3. The van der Waals surface area contributed by atoms with E-state index in [-0.39, 0.29) is 11.7 Å². The van der Waals surface area contributed by atoms with Crippen molar-refractivity contribution in [1.82, 2.24) is 10.2 Å². The summed E-state index contributed by atoms with van der Waals surface area (Å²) in [5.74, 6) is 1.45. The van der Waals surface area contributed by atoms with Gasteiger partial charge in [0.2, 0.25) is 5.91 Å². The quantitative estimate of drug-likeness (QED) is 0.697. The van der Waals surface area contributed by atoms with Crippen molar-refractivity contribution in [2.75, 3.05) is 31.6 Å². The fraction of sp³-hybridized carbons (Fsp3) is 0.900. The van der Waals surface area contributed by atoms with Gasteiger partial charge in [0.15, 0.2) is 0 Å². The predicted molar refractivity (Wildman–Crippen MR) is 60.0 cm³/mol. The zero-order valence-electron chi connectivity index (χ0n) is 9.07. The van der Waals surface area contributed by atoms with Crippen molar-refractivity contribution in [3.05, 3.63) is 0 Å². The first-order chi connectivity index (χ1) is 7.16. The Balaban J connectivity index is 1.69. The number of hydrogen-bond acceptors (Lipinski definition) is 3. The molecule has 2 fully saturated rings. The van der Waals surface area contributed by atoms with Crippen LogP contribution in [0.3, 0.4) is 0 Å². The van der Waals surface area contributed by atoms with Crippen LogP contribution >= 0.6 is 0 Å². The van der Waals surface area contributed by atoms with E-state index >= 15 is 0 Å². The first-order valence-corrected chi connectivity index (χ1v) is 6.97. The lowest BCUT2D eigenvalue weighted by Gasteiger charge is -2.26. The summed E-state index contributed by atoms with van der Waals surface area (Å²) in [6.07, 6.45) is 2.23. The highest BCUT2D eigenvalue weighted by Crippen LogP contribution is 2.25. The van der Waals surface area contributed by atoms with Crippen molar-refractivity contribution < 1.29 is 9.00 Å². The van der Waals surface area contributed by atoms with Crippen LogP contribution in [-0.2, 0) is 15.6 Å². The molecular weight excluding hydrogens is 212 g/mol. The third-order valence-electron chi connectivity index (χ3n) is 3.06. The Morgan fingerprint density at radius 2 is 2.13 bits per heavy atom. The summed E-state index contributed by atoms with van der Waals surface area (Å²) in [7, 11) is 0.852. The van der Waals surface area contributed by atoms with Gasteiger partial charge in [-0.15, -0.1) is 0 Å². The average Bonchev–Trinajstić information content (AvgIpc) is 2.93. The van der Waals surface area contributed by atoms with Crippen LogP contribution in [0, 0.1) is 5.92 Å². The molecule has 0 aromatic carbocycles. The van der Waals surface area contributed by atoms with E-state index in [0.29, 0.717) is 17.7 Å². The van der Waals surface area contributed by atoms with Crippen LogP contribution in [0.1, 0.15) is 12.8 Å². The monoisotopic (exact) mass is 230 g/mol. The van der Waals surface area contributed by atoms with Crippen LogP contribution in [0.2, 0.25) is 0 Å². The molecule has 86 valence electrons. The van der Waals surface area contributed by atoms with Gasteiger partial charge in [0.05, 0.1) is 0 Å². The van der Waals surface area contributed by atoms with Crippen LogP contribution in [0.15, 0.2) is 0 Å². The van der Waals surface area contributed by atoms with E-state index in [2.05, 4.69) is 5.32 Å². The average molecular weight is 230 g/mol. The molecule has 4 nitrogen and oxygen atoms in total. The van der Waals surface area contributed by atoms with Gasteiger partial charge in [-0.3, -0.25) is 9.00 Å². The maximum atomic E-state index is 11.6. The molecule has 2 rings (SSSR count). The first kappa shape index (κ1) is 11.1. The Hall–Kier alpha value is -0.420. The Labute approximate surface area is 92.9 Å². The molecule has 1 N–H and O–H groups in total. The molecule has 1 unspecified atom stereocenters. The zero-order valence-corrected chi connectivity index (χ0v) is 9.89.